The topological polar surface area (TPSA) is 81.2 Å². The summed E-state index contributed by atoms with van der Waals surface area (Å²) in [6, 6.07) is 9.18. The molecular formula is C15H19N3O2S. The summed E-state index contributed by atoms with van der Waals surface area (Å²) >= 11 is 1.42. The average molecular weight is 305 g/mol. The number of carbonyl (C=O) groups is 1. The molecule has 0 saturated carbocycles. The van der Waals surface area contributed by atoms with Crippen LogP contribution in [-0.2, 0) is 10.2 Å². The third kappa shape index (κ3) is 4.53. The number of amides is 1. The zero-order chi connectivity index (χ0) is 15.5. The maximum atomic E-state index is 11.9. The third-order valence-corrected chi connectivity index (χ3v) is 3.76. The number of thioether (sulfide) groups is 1. The Hall–Kier alpha value is -1.95. The molecule has 6 heteroatoms. The summed E-state index contributed by atoms with van der Waals surface area (Å²) in [5, 5.41) is 6.66. The van der Waals surface area contributed by atoms with Crippen molar-refractivity contribution in [3.05, 3.63) is 36.0 Å². The second-order valence-corrected chi connectivity index (χ2v) is 6.78. The quantitative estimate of drug-likeness (QED) is 0.669. The van der Waals surface area contributed by atoms with E-state index in [4.69, 9.17) is 10.3 Å². The number of anilines is 2. The van der Waals surface area contributed by atoms with Crippen molar-refractivity contribution in [1.29, 1.82) is 0 Å². The first kappa shape index (κ1) is 15.4. The van der Waals surface area contributed by atoms with E-state index < -0.39 is 0 Å². The van der Waals surface area contributed by atoms with Crippen LogP contribution >= 0.6 is 11.8 Å². The van der Waals surface area contributed by atoms with Crippen LogP contribution in [0.3, 0.4) is 0 Å². The van der Waals surface area contributed by atoms with Gasteiger partial charge in [-0.3, -0.25) is 10.1 Å². The summed E-state index contributed by atoms with van der Waals surface area (Å²) in [6.45, 7) is 6.10. The first-order chi connectivity index (χ1) is 9.84. The highest BCUT2D eigenvalue weighted by Crippen LogP contribution is 2.24. The van der Waals surface area contributed by atoms with Gasteiger partial charge in [0.05, 0.1) is 11.4 Å². The van der Waals surface area contributed by atoms with Crippen LogP contribution in [0.2, 0.25) is 0 Å². The van der Waals surface area contributed by atoms with Crippen molar-refractivity contribution in [1.82, 2.24) is 5.16 Å². The van der Waals surface area contributed by atoms with E-state index in [0.717, 1.165) is 10.6 Å². The monoisotopic (exact) mass is 305 g/mol. The molecule has 2 rings (SSSR count). The number of nitrogens with one attached hydrogen (secondary N) is 1. The van der Waals surface area contributed by atoms with Gasteiger partial charge in [-0.05, 0) is 18.2 Å². The number of nitrogen functional groups attached to an aromatic ring is 1. The van der Waals surface area contributed by atoms with Crippen molar-refractivity contribution in [2.24, 2.45) is 0 Å². The zero-order valence-electron chi connectivity index (χ0n) is 12.3. The largest absolute Gasteiger partial charge is 0.399 e. The molecule has 112 valence electrons. The van der Waals surface area contributed by atoms with Crippen LogP contribution < -0.4 is 11.1 Å². The minimum absolute atomic E-state index is 0.108. The molecule has 21 heavy (non-hydrogen) atoms. The van der Waals surface area contributed by atoms with Gasteiger partial charge in [-0.2, -0.15) is 0 Å². The molecule has 5 nitrogen and oxygen atoms in total. The maximum Gasteiger partial charge on any atom is 0.237 e. The zero-order valence-corrected chi connectivity index (χ0v) is 13.2. The van der Waals surface area contributed by atoms with Gasteiger partial charge in [-0.1, -0.05) is 32.0 Å². The summed E-state index contributed by atoms with van der Waals surface area (Å²) in [4.78, 5) is 12.8. The Balaban J connectivity index is 1.89. The minimum atomic E-state index is -0.140. The Morgan fingerprint density at radius 1 is 1.38 bits per heavy atom. The molecule has 0 aliphatic carbocycles. The number of rotatable bonds is 4. The van der Waals surface area contributed by atoms with Crippen molar-refractivity contribution in [3.8, 4) is 0 Å². The fourth-order valence-corrected chi connectivity index (χ4v) is 2.38. The molecule has 0 radical (unpaired) electrons. The molecule has 0 atom stereocenters. The molecule has 0 aliphatic heterocycles. The first-order valence-electron chi connectivity index (χ1n) is 6.60. The number of carbonyl (C=O) groups excluding carboxylic acids is 1. The van der Waals surface area contributed by atoms with Crippen LogP contribution in [-0.4, -0.2) is 16.8 Å². The van der Waals surface area contributed by atoms with E-state index in [9.17, 15) is 4.79 Å². The Kier molecular flexibility index (Phi) is 4.57. The molecule has 1 aromatic carbocycles. The Morgan fingerprint density at radius 3 is 2.76 bits per heavy atom. The van der Waals surface area contributed by atoms with Crippen LogP contribution in [0.5, 0.6) is 0 Å². The molecule has 0 unspecified atom stereocenters. The number of nitrogens with zero attached hydrogens (tertiary/aromatic N) is 1. The van der Waals surface area contributed by atoms with Crippen molar-refractivity contribution >= 4 is 29.2 Å². The lowest BCUT2D eigenvalue weighted by molar-refractivity contribution is -0.113. The lowest BCUT2D eigenvalue weighted by Gasteiger charge is -2.12. The number of hydrogen-bond donors (Lipinski definition) is 2. The highest BCUT2D eigenvalue weighted by molar-refractivity contribution is 8.00. The van der Waals surface area contributed by atoms with Crippen LogP contribution in [0.15, 0.2) is 39.8 Å². The van der Waals surface area contributed by atoms with E-state index >= 15 is 0 Å². The molecule has 0 saturated heterocycles. The van der Waals surface area contributed by atoms with Gasteiger partial charge in [0, 0.05) is 22.1 Å². The Bertz CT molecular complexity index is 632. The third-order valence-electron chi connectivity index (χ3n) is 2.77. The number of nitrogens with two attached hydrogens (primary N) is 1. The SMILES string of the molecule is CC(C)(C)c1cc(NC(=O)CSc2cccc(N)c2)on1. The van der Waals surface area contributed by atoms with Gasteiger partial charge in [0.1, 0.15) is 0 Å². The molecule has 1 amide bonds. The predicted octanol–water partition coefficient (Wildman–Crippen LogP) is 3.29. The summed E-state index contributed by atoms with van der Waals surface area (Å²) in [5.41, 5.74) is 7.08. The second-order valence-electron chi connectivity index (χ2n) is 5.74. The maximum absolute atomic E-state index is 11.9. The Morgan fingerprint density at radius 2 is 2.14 bits per heavy atom. The van der Waals surface area contributed by atoms with Crippen molar-refractivity contribution in [2.45, 2.75) is 31.1 Å². The standard InChI is InChI=1S/C15H19N3O2S/c1-15(2,3)12-8-14(20-18-12)17-13(19)9-21-11-6-4-5-10(16)7-11/h4-8H,9,16H2,1-3H3,(H,17,19). The highest BCUT2D eigenvalue weighted by Gasteiger charge is 2.19. The van der Waals surface area contributed by atoms with Crippen LogP contribution in [0, 0.1) is 0 Å². The Labute approximate surface area is 128 Å². The van der Waals surface area contributed by atoms with Gasteiger partial charge in [0.2, 0.25) is 11.8 Å². The predicted molar refractivity (Wildman–Crippen MR) is 85.4 cm³/mol. The minimum Gasteiger partial charge on any atom is -0.399 e. The van der Waals surface area contributed by atoms with Crippen molar-refractivity contribution in [2.75, 3.05) is 16.8 Å². The number of benzene rings is 1. The van der Waals surface area contributed by atoms with Gasteiger partial charge >= 0.3 is 0 Å². The molecule has 2 aromatic rings. The summed E-state index contributed by atoms with van der Waals surface area (Å²) in [7, 11) is 0. The fourth-order valence-electron chi connectivity index (χ4n) is 1.61. The first-order valence-corrected chi connectivity index (χ1v) is 7.58. The van der Waals surface area contributed by atoms with E-state index in [2.05, 4.69) is 10.5 Å². The molecule has 0 aliphatic rings. The van der Waals surface area contributed by atoms with Crippen molar-refractivity contribution < 1.29 is 9.32 Å². The van der Waals surface area contributed by atoms with Gasteiger partial charge in [-0.15, -0.1) is 11.8 Å². The highest BCUT2D eigenvalue weighted by atomic mass is 32.2. The van der Waals surface area contributed by atoms with Crippen LogP contribution in [0.1, 0.15) is 26.5 Å². The number of aromatic nitrogens is 1. The van der Waals surface area contributed by atoms with E-state index in [-0.39, 0.29) is 17.1 Å². The molecule has 1 aromatic heterocycles. The van der Waals surface area contributed by atoms with Gasteiger partial charge in [0.25, 0.3) is 0 Å². The average Bonchev–Trinajstić information content (AvgIpc) is 2.85. The van der Waals surface area contributed by atoms with Gasteiger partial charge in [0.15, 0.2) is 0 Å². The fraction of sp³-hybridized carbons (Fsp3) is 0.333. The normalized spacial score (nSPS) is 11.4. The summed E-state index contributed by atoms with van der Waals surface area (Å²) < 4.78 is 5.12. The molecule has 1 heterocycles. The van der Waals surface area contributed by atoms with E-state index in [1.165, 1.54) is 11.8 Å². The lowest BCUT2D eigenvalue weighted by atomic mass is 9.92. The van der Waals surface area contributed by atoms with Crippen molar-refractivity contribution in [3.63, 3.8) is 0 Å². The lowest BCUT2D eigenvalue weighted by Crippen LogP contribution is -2.14. The van der Waals surface area contributed by atoms with E-state index in [0.29, 0.717) is 11.6 Å². The van der Waals surface area contributed by atoms with Gasteiger partial charge in [-0.25, -0.2) is 0 Å². The summed E-state index contributed by atoms with van der Waals surface area (Å²) in [5.74, 6) is 0.520. The molecule has 0 spiro atoms. The van der Waals surface area contributed by atoms with Crippen LogP contribution in [0.4, 0.5) is 11.6 Å². The molecule has 0 fully saturated rings. The molecule has 3 N–H and O–H groups in total. The molecular weight excluding hydrogens is 286 g/mol. The number of hydrogen-bond acceptors (Lipinski definition) is 5. The van der Waals surface area contributed by atoms with E-state index in [1.807, 2.05) is 45.0 Å². The van der Waals surface area contributed by atoms with Crippen LogP contribution in [0.25, 0.3) is 0 Å². The van der Waals surface area contributed by atoms with Gasteiger partial charge < -0.3 is 10.3 Å². The van der Waals surface area contributed by atoms with E-state index in [1.54, 1.807) is 6.07 Å². The summed E-state index contributed by atoms with van der Waals surface area (Å²) in [6.07, 6.45) is 0. The second kappa shape index (κ2) is 6.22. The molecule has 0 bridgehead atoms. The smallest absolute Gasteiger partial charge is 0.237 e.